The summed E-state index contributed by atoms with van der Waals surface area (Å²) in [6, 6.07) is 8.67. The molecular weight excluding hydrogens is 312 g/mol. The first-order valence-electron chi connectivity index (χ1n) is 7.83. The Kier molecular flexibility index (Phi) is 7.51. The number of carboxylic acid groups (broad SMARTS) is 1. The van der Waals surface area contributed by atoms with E-state index >= 15 is 0 Å². The number of aliphatic hydroxyl groups excluding tert-OH is 1. The van der Waals surface area contributed by atoms with Crippen LogP contribution in [0.2, 0.25) is 0 Å². The molecule has 2 amide bonds. The van der Waals surface area contributed by atoms with E-state index in [-0.39, 0.29) is 26.1 Å². The number of carbonyl (C=O) groups excluding carboxylic acids is 1. The van der Waals surface area contributed by atoms with Crippen molar-refractivity contribution in [2.24, 2.45) is 0 Å². The first-order valence-corrected chi connectivity index (χ1v) is 7.83. The average molecular weight is 338 g/mol. The molecule has 0 radical (unpaired) electrons. The van der Waals surface area contributed by atoms with Crippen molar-refractivity contribution < 1.29 is 24.5 Å². The van der Waals surface area contributed by atoms with Crippen molar-refractivity contribution in [1.82, 2.24) is 10.2 Å². The number of amides is 2. The fraction of sp³-hybridized carbons (Fsp3) is 0.529. The van der Waals surface area contributed by atoms with Crippen LogP contribution in [0.1, 0.15) is 32.8 Å². The number of alkyl carbamates (subject to hydrolysis) is 1. The zero-order valence-electron chi connectivity index (χ0n) is 14.4. The summed E-state index contributed by atoms with van der Waals surface area (Å²) < 4.78 is 5.13. The smallest absolute Gasteiger partial charge is 0.407 e. The van der Waals surface area contributed by atoms with Crippen LogP contribution < -0.4 is 5.32 Å². The van der Waals surface area contributed by atoms with Gasteiger partial charge in [0, 0.05) is 13.1 Å². The van der Waals surface area contributed by atoms with Crippen LogP contribution in [0.4, 0.5) is 9.59 Å². The normalized spacial score (nSPS) is 12.3. The van der Waals surface area contributed by atoms with Crippen LogP contribution in [0.25, 0.3) is 0 Å². The minimum Gasteiger partial charge on any atom is -0.465 e. The van der Waals surface area contributed by atoms with Gasteiger partial charge in [-0.15, -0.1) is 0 Å². The van der Waals surface area contributed by atoms with Gasteiger partial charge in [0.25, 0.3) is 0 Å². The van der Waals surface area contributed by atoms with Crippen molar-refractivity contribution in [3.05, 3.63) is 35.9 Å². The summed E-state index contributed by atoms with van der Waals surface area (Å²) in [7, 11) is 0. The van der Waals surface area contributed by atoms with Crippen LogP contribution in [0.5, 0.6) is 0 Å². The van der Waals surface area contributed by atoms with Gasteiger partial charge >= 0.3 is 12.2 Å². The zero-order chi connectivity index (χ0) is 18.2. The molecule has 0 saturated heterocycles. The molecule has 0 spiro atoms. The van der Waals surface area contributed by atoms with Gasteiger partial charge in [0.15, 0.2) is 0 Å². The molecule has 1 aromatic carbocycles. The van der Waals surface area contributed by atoms with E-state index in [9.17, 15) is 19.8 Å². The monoisotopic (exact) mass is 338 g/mol. The number of carbonyl (C=O) groups is 2. The number of hydrogen-bond donors (Lipinski definition) is 3. The topological polar surface area (TPSA) is 99.1 Å². The highest BCUT2D eigenvalue weighted by Crippen LogP contribution is 2.09. The van der Waals surface area contributed by atoms with Crippen molar-refractivity contribution in [3.63, 3.8) is 0 Å². The maximum absolute atomic E-state index is 11.7. The van der Waals surface area contributed by atoms with Crippen LogP contribution >= 0.6 is 0 Å². The highest BCUT2D eigenvalue weighted by Gasteiger charge is 2.20. The van der Waals surface area contributed by atoms with E-state index in [2.05, 4.69) is 5.32 Å². The first kappa shape index (κ1) is 19.8. The number of ether oxygens (including phenoxy) is 1. The van der Waals surface area contributed by atoms with Crippen molar-refractivity contribution >= 4 is 12.2 Å². The average Bonchev–Trinajstić information content (AvgIpc) is 2.48. The Morgan fingerprint density at radius 1 is 1.25 bits per heavy atom. The summed E-state index contributed by atoms with van der Waals surface area (Å²) in [5, 5.41) is 21.2. The molecule has 3 N–H and O–H groups in total. The van der Waals surface area contributed by atoms with E-state index < -0.39 is 23.8 Å². The second-order valence-corrected chi connectivity index (χ2v) is 6.50. The van der Waals surface area contributed by atoms with Crippen molar-refractivity contribution in [1.29, 1.82) is 0 Å². The van der Waals surface area contributed by atoms with E-state index in [4.69, 9.17) is 4.74 Å². The van der Waals surface area contributed by atoms with Gasteiger partial charge in [-0.05, 0) is 32.8 Å². The van der Waals surface area contributed by atoms with Crippen molar-refractivity contribution in [2.45, 2.75) is 45.4 Å². The molecule has 7 heteroatoms. The largest absolute Gasteiger partial charge is 0.465 e. The quantitative estimate of drug-likeness (QED) is 0.709. The highest BCUT2D eigenvalue weighted by atomic mass is 16.6. The Labute approximate surface area is 142 Å². The van der Waals surface area contributed by atoms with Crippen LogP contribution in [0, 0.1) is 0 Å². The third-order valence-corrected chi connectivity index (χ3v) is 3.18. The van der Waals surface area contributed by atoms with E-state index in [0.29, 0.717) is 0 Å². The molecule has 0 unspecified atom stereocenters. The molecule has 0 aliphatic carbocycles. The SMILES string of the molecule is CC(C)(C)OC(=O)N[C@H](CO)CCN(Cc1ccccc1)C(=O)O. The molecule has 0 heterocycles. The predicted octanol–water partition coefficient (Wildman–Crippen LogP) is 2.44. The van der Waals surface area contributed by atoms with Gasteiger partial charge in [-0.3, -0.25) is 0 Å². The van der Waals surface area contributed by atoms with E-state index in [1.165, 1.54) is 4.90 Å². The Morgan fingerprint density at radius 2 is 1.88 bits per heavy atom. The van der Waals surface area contributed by atoms with Gasteiger partial charge in [0.1, 0.15) is 5.60 Å². The Morgan fingerprint density at radius 3 is 2.38 bits per heavy atom. The lowest BCUT2D eigenvalue weighted by Crippen LogP contribution is -2.43. The summed E-state index contributed by atoms with van der Waals surface area (Å²) in [5.41, 5.74) is 0.241. The Balaban J connectivity index is 2.54. The molecule has 0 saturated carbocycles. The lowest BCUT2D eigenvalue weighted by Gasteiger charge is -2.25. The van der Waals surface area contributed by atoms with E-state index in [1.807, 2.05) is 30.3 Å². The Bertz CT molecular complexity index is 528. The molecule has 7 nitrogen and oxygen atoms in total. The molecule has 1 aromatic rings. The first-order chi connectivity index (χ1) is 11.2. The molecule has 0 aromatic heterocycles. The van der Waals surface area contributed by atoms with Crippen LogP contribution in [-0.4, -0.2) is 52.1 Å². The van der Waals surface area contributed by atoms with Gasteiger partial charge < -0.3 is 25.2 Å². The van der Waals surface area contributed by atoms with Crippen molar-refractivity contribution in [2.75, 3.05) is 13.2 Å². The van der Waals surface area contributed by atoms with Gasteiger partial charge in [0.05, 0.1) is 12.6 Å². The van der Waals surface area contributed by atoms with Gasteiger partial charge in [-0.25, -0.2) is 9.59 Å². The molecule has 1 atom stereocenters. The van der Waals surface area contributed by atoms with Crippen LogP contribution in [0.15, 0.2) is 30.3 Å². The Hall–Kier alpha value is -2.28. The highest BCUT2D eigenvalue weighted by molar-refractivity contribution is 5.68. The third-order valence-electron chi connectivity index (χ3n) is 3.18. The summed E-state index contributed by atoms with van der Waals surface area (Å²) in [6.07, 6.45) is -1.39. The molecule has 1 rings (SSSR count). The minimum absolute atomic E-state index is 0.186. The summed E-state index contributed by atoms with van der Waals surface area (Å²) in [5.74, 6) is 0. The van der Waals surface area contributed by atoms with Crippen molar-refractivity contribution in [3.8, 4) is 0 Å². The molecule has 0 aliphatic rings. The molecular formula is C17H26N2O5. The third kappa shape index (κ3) is 7.82. The number of aliphatic hydroxyl groups is 1. The summed E-state index contributed by atoms with van der Waals surface area (Å²) >= 11 is 0. The minimum atomic E-state index is -1.05. The zero-order valence-corrected chi connectivity index (χ0v) is 14.4. The maximum Gasteiger partial charge on any atom is 0.407 e. The summed E-state index contributed by atoms with van der Waals surface area (Å²) in [6.45, 7) is 5.37. The fourth-order valence-electron chi connectivity index (χ4n) is 2.04. The van der Waals surface area contributed by atoms with Gasteiger partial charge in [-0.2, -0.15) is 0 Å². The second-order valence-electron chi connectivity index (χ2n) is 6.50. The van der Waals surface area contributed by atoms with E-state index in [0.717, 1.165) is 5.56 Å². The van der Waals surface area contributed by atoms with Gasteiger partial charge in [0.2, 0.25) is 0 Å². The number of nitrogens with one attached hydrogen (secondary N) is 1. The predicted molar refractivity (Wildman–Crippen MR) is 89.7 cm³/mol. The molecule has 24 heavy (non-hydrogen) atoms. The van der Waals surface area contributed by atoms with Crippen LogP contribution in [0.3, 0.4) is 0 Å². The number of benzene rings is 1. The fourth-order valence-corrected chi connectivity index (χ4v) is 2.04. The molecule has 0 aliphatic heterocycles. The maximum atomic E-state index is 11.7. The van der Waals surface area contributed by atoms with Crippen LogP contribution in [-0.2, 0) is 11.3 Å². The summed E-state index contributed by atoms with van der Waals surface area (Å²) in [4.78, 5) is 24.3. The molecule has 0 fully saturated rings. The number of hydrogen-bond acceptors (Lipinski definition) is 4. The second kappa shape index (κ2) is 9.12. The van der Waals surface area contributed by atoms with E-state index in [1.54, 1.807) is 20.8 Å². The number of nitrogens with zero attached hydrogens (tertiary/aromatic N) is 1. The lowest BCUT2D eigenvalue weighted by molar-refractivity contribution is 0.0475. The lowest BCUT2D eigenvalue weighted by atomic mass is 10.2. The standard InChI is InChI=1S/C17H26N2O5/c1-17(2,3)24-15(21)18-14(12-20)9-10-19(16(22)23)11-13-7-5-4-6-8-13/h4-8,14,20H,9-12H2,1-3H3,(H,18,21)(H,22,23)/t14-/m0/s1. The molecule has 0 bridgehead atoms. The van der Waals surface area contributed by atoms with Gasteiger partial charge in [-0.1, -0.05) is 30.3 Å². The molecule has 134 valence electrons. The number of rotatable bonds is 7.